The average molecular weight is 724 g/mol. The number of aromatic nitrogens is 2. The third-order valence-corrected chi connectivity index (χ3v) is 9.64. The summed E-state index contributed by atoms with van der Waals surface area (Å²) in [5.41, 5.74) is 0.274. The fourth-order valence-electron chi connectivity index (χ4n) is 6.69. The first-order valence-electron chi connectivity index (χ1n) is 18.2. The molecule has 5 rings (SSSR count). The van der Waals surface area contributed by atoms with Crippen molar-refractivity contribution in [1.82, 2.24) is 14.9 Å². The van der Waals surface area contributed by atoms with Crippen LogP contribution < -0.4 is 26.0 Å². The molecule has 4 aromatic rings. The first kappa shape index (κ1) is 39.1. The molecule has 0 radical (unpaired) electrons. The van der Waals surface area contributed by atoms with E-state index in [1.807, 2.05) is 78.9 Å². The van der Waals surface area contributed by atoms with Gasteiger partial charge in [0.2, 0.25) is 5.91 Å². The summed E-state index contributed by atoms with van der Waals surface area (Å²) in [5, 5.41) is 14.0. The number of aliphatic hydroxyl groups excluding tert-OH is 1. The summed E-state index contributed by atoms with van der Waals surface area (Å²) in [6.45, 7) is -0.0950. The number of aliphatic hydroxyl groups is 1. The van der Waals surface area contributed by atoms with Gasteiger partial charge in [-0.1, -0.05) is 80.3 Å². The van der Waals surface area contributed by atoms with Crippen LogP contribution in [0.5, 0.6) is 11.5 Å². The maximum atomic E-state index is 13.0. The maximum Gasteiger partial charge on any atom is 0.330 e. The number of H-pyrrole nitrogens is 1. The zero-order valence-corrected chi connectivity index (χ0v) is 30.4. The van der Waals surface area contributed by atoms with Crippen LogP contribution in [-0.2, 0) is 26.4 Å². The molecule has 3 aromatic carbocycles. The molecule has 3 N–H and O–H groups in total. The molecule has 11 nitrogen and oxygen atoms in total. The summed E-state index contributed by atoms with van der Waals surface area (Å²) >= 11 is 0. The van der Waals surface area contributed by atoms with Gasteiger partial charge in [-0.05, 0) is 53.8 Å². The number of rotatable bonds is 19. The highest BCUT2D eigenvalue weighted by Crippen LogP contribution is 2.42. The number of carbonyl (C=O) groups excluding carboxylic acids is 1. The van der Waals surface area contributed by atoms with Crippen molar-refractivity contribution in [3.63, 3.8) is 0 Å². The zero-order valence-electron chi connectivity index (χ0n) is 30.4. The van der Waals surface area contributed by atoms with E-state index in [-0.39, 0.29) is 31.0 Å². The summed E-state index contributed by atoms with van der Waals surface area (Å²) in [4.78, 5) is 40.5. The molecule has 3 atom stereocenters. The Morgan fingerprint density at radius 2 is 1.49 bits per heavy atom. The van der Waals surface area contributed by atoms with Gasteiger partial charge in [0, 0.05) is 32.0 Å². The van der Waals surface area contributed by atoms with Crippen LogP contribution in [0.15, 0.2) is 94.6 Å². The van der Waals surface area contributed by atoms with Gasteiger partial charge in [-0.3, -0.25) is 19.1 Å². The summed E-state index contributed by atoms with van der Waals surface area (Å²) in [6.07, 6.45) is 11.1. The van der Waals surface area contributed by atoms with Crippen LogP contribution in [0.25, 0.3) is 0 Å². The molecule has 1 saturated heterocycles. The lowest BCUT2D eigenvalue weighted by atomic mass is 9.80. The summed E-state index contributed by atoms with van der Waals surface area (Å²) in [6, 6.07) is 25.0. The number of nitrogens with one attached hydrogen (secondary N) is 2. The van der Waals surface area contributed by atoms with Crippen molar-refractivity contribution < 1.29 is 28.8 Å². The molecule has 1 fully saturated rings. The van der Waals surface area contributed by atoms with Crippen LogP contribution in [0.2, 0.25) is 0 Å². The molecule has 280 valence electrons. The monoisotopic (exact) mass is 723 g/mol. The molecular formula is C42H49N3O8. The molecule has 0 spiro atoms. The quantitative estimate of drug-likeness (QED) is 0.0647. The number of ether oxygens (including phenoxy) is 4. The van der Waals surface area contributed by atoms with E-state index in [2.05, 4.69) is 16.2 Å². The molecule has 0 saturated carbocycles. The van der Waals surface area contributed by atoms with Crippen LogP contribution >= 0.6 is 0 Å². The minimum atomic E-state index is -1.14. The molecule has 1 aliphatic rings. The lowest BCUT2D eigenvalue weighted by Crippen LogP contribution is -2.38. The molecule has 0 aliphatic carbocycles. The van der Waals surface area contributed by atoms with Gasteiger partial charge in [0.05, 0.1) is 32.5 Å². The minimum Gasteiger partial charge on any atom is -0.497 e. The second kappa shape index (κ2) is 19.1. The summed E-state index contributed by atoms with van der Waals surface area (Å²) < 4.78 is 25.3. The number of amides is 1. The van der Waals surface area contributed by atoms with Crippen LogP contribution in [-0.4, -0.2) is 53.6 Å². The van der Waals surface area contributed by atoms with Crippen molar-refractivity contribution in [3.8, 4) is 23.8 Å². The molecule has 11 heteroatoms. The molecule has 3 unspecified atom stereocenters. The number of carbonyl (C=O) groups is 1. The molecule has 1 aliphatic heterocycles. The van der Waals surface area contributed by atoms with E-state index in [9.17, 15) is 19.5 Å². The smallest absolute Gasteiger partial charge is 0.330 e. The molecule has 0 bridgehead atoms. The van der Waals surface area contributed by atoms with Crippen LogP contribution in [0.4, 0.5) is 0 Å². The second-order valence-electron chi connectivity index (χ2n) is 13.2. The standard InChI is InChI=1S/C42H49N3O8/c1-4-5-6-7-8-9-10-14-17-38(47)43-27-30-28-45(41(49)44-40(30)48)39-26-36(46)37(53-39)29-52-42(31-15-12-11-13-16-31,32-18-22-34(50-2)23-19-32)33-20-24-35(51-3)25-21-33/h1,11-13,15-16,18-25,28,36-37,39,46H,5-10,14,17,26-27,29H2,2-3H3,(H,43,47)(H,44,48,49). The van der Waals surface area contributed by atoms with Crippen molar-refractivity contribution in [2.45, 2.75) is 88.4 Å². The Balaban J connectivity index is 1.30. The Hall–Kier alpha value is -5.15. The largest absolute Gasteiger partial charge is 0.497 e. The fourth-order valence-corrected chi connectivity index (χ4v) is 6.69. The Morgan fingerprint density at radius 1 is 0.906 bits per heavy atom. The van der Waals surface area contributed by atoms with E-state index in [4.69, 9.17) is 25.4 Å². The van der Waals surface area contributed by atoms with Crippen molar-refractivity contribution in [2.24, 2.45) is 0 Å². The third-order valence-electron chi connectivity index (χ3n) is 9.64. The Morgan fingerprint density at radius 3 is 2.09 bits per heavy atom. The predicted octanol–water partition coefficient (Wildman–Crippen LogP) is 5.58. The number of methoxy groups -OCH3 is 2. The van der Waals surface area contributed by atoms with E-state index in [1.165, 1.54) is 10.8 Å². The number of hydrogen-bond donors (Lipinski definition) is 3. The van der Waals surface area contributed by atoms with E-state index in [1.54, 1.807) is 14.2 Å². The van der Waals surface area contributed by atoms with Crippen molar-refractivity contribution in [3.05, 3.63) is 128 Å². The molecule has 2 heterocycles. The fraction of sp³-hybridized carbons (Fsp3) is 0.405. The number of benzene rings is 3. The highest BCUT2D eigenvalue weighted by Gasteiger charge is 2.42. The van der Waals surface area contributed by atoms with Gasteiger partial charge >= 0.3 is 5.69 Å². The SMILES string of the molecule is C#CCCCCCCCCC(=O)NCc1cn(C2CC(O)C(COC(c3ccccc3)(c3ccc(OC)cc3)c3ccc(OC)cc3)O2)c(=O)[nH]c1=O. The van der Waals surface area contributed by atoms with Gasteiger partial charge in [0.1, 0.15) is 29.4 Å². The molecule has 1 aromatic heterocycles. The summed E-state index contributed by atoms with van der Waals surface area (Å²) in [5.74, 6) is 3.85. The van der Waals surface area contributed by atoms with Gasteiger partial charge in [0.25, 0.3) is 5.56 Å². The van der Waals surface area contributed by atoms with Gasteiger partial charge in [0.15, 0.2) is 0 Å². The Labute approximate surface area is 310 Å². The number of nitrogens with zero attached hydrogens (tertiary/aromatic N) is 1. The van der Waals surface area contributed by atoms with E-state index in [0.717, 1.165) is 61.6 Å². The number of unbranched alkanes of at least 4 members (excludes halogenated alkanes) is 6. The lowest BCUT2D eigenvalue weighted by molar-refractivity contribution is -0.121. The molecule has 1 amide bonds. The minimum absolute atomic E-state index is 0.0451. The van der Waals surface area contributed by atoms with Crippen LogP contribution in [0.1, 0.15) is 86.3 Å². The van der Waals surface area contributed by atoms with E-state index in [0.29, 0.717) is 17.9 Å². The number of aromatic amines is 1. The highest BCUT2D eigenvalue weighted by atomic mass is 16.6. The number of terminal acetylenes is 1. The van der Waals surface area contributed by atoms with E-state index < -0.39 is 35.3 Å². The third kappa shape index (κ3) is 9.84. The zero-order chi connectivity index (χ0) is 37.6. The lowest BCUT2D eigenvalue weighted by Gasteiger charge is -2.37. The van der Waals surface area contributed by atoms with Crippen molar-refractivity contribution >= 4 is 5.91 Å². The summed E-state index contributed by atoms with van der Waals surface area (Å²) in [7, 11) is 3.21. The van der Waals surface area contributed by atoms with Gasteiger partial charge in [-0.2, -0.15) is 0 Å². The topological polar surface area (TPSA) is 141 Å². The Bertz CT molecular complexity index is 1870. The maximum absolute atomic E-state index is 13.0. The highest BCUT2D eigenvalue weighted by molar-refractivity contribution is 5.75. The van der Waals surface area contributed by atoms with Crippen molar-refractivity contribution in [2.75, 3.05) is 20.8 Å². The molecule has 53 heavy (non-hydrogen) atoms. The second-order valence-corrected chi connectivity index (χ2v) is 13.2. The van der Waals surface area contributed by atoms with Crippen LogP contribution in [0.3, 0.4) is 0 Å². The number of hydrogen-bond acceptors (Lipinski definition) is 8. The first-order chi connectivity index (χ1) is 25.8. The van der Waals surface area contributed by atoms with Gasteiger partial charge in [-0.25, -0.2) is 4.79 Å². The van der Waals surface area contributed by atoms with Crippen molar-refractivity contribution in [1.29, 1.82) is 0 Å². The van der Waals surface area contributed by atoms with Gasteiger partial charge in [-0.15, -0.1) is 12.3 Å². The van der Waals surface area contributed by atoms with Gasteiger partial charge < -0.3 is 29.4 Å². The van der Waals surface area contributed by atoms with E-state index >= 15 is 0 Å². The normalized spacial score (nSPS) is 16.9. The van der Waals surface area contributed by atoms with Crippen LogP contribution in [0, 0.1) is 12.3 Å². The predicted molar refractivity (Wildman–Crippen MR) is 202 cm³/mol. The average Bonchev–Trinajstić information content (AvgIpc) is 3.56. The molecular weight excluding hydrogens is 674 g/mol. The Kier molecular flexibility index (Phi) is 14.1. The first-order valence-corrected chi connectivity index (χ1v) is 18.2.